The van der Waals surface area contributed by atoms with Crippen LogP contribution < -0.4 is 0 Å². The van der Waals surface area contributed by atoms with Crippen LogP contribution in [0, 0.1) is 10.1 Å². The summed E-state index contributed by atoms with van der Waals surface area (Å²) >= 11 is 11.6. The Morgan fingerprint density at radius 2 is 1.73 bits per heavy atom. The number of hydrogen-bond donors (Lipinski definition) is 0. The fraction of sp³-hybridized carbons (Fsp3) is 0. The maximum absolute atomic E-state index is 10.9. The van der Waals surface area contributed by atoms with Crippen molar-refractivity contribution in [1.82, 2.24) is 10.1 Å². The molecule has 3 rings (SSSR count). The van der Waals surface area contributed by atoms with Crippen molar-refractivity contribution < 1.29 is 9.45 Å². The molecule has 6 nitrogen and oxygen atoms in total. The zero-order chi connectivity index (χ0) is 15.7. The van der Waals surface area contributed by atoms with E-state index < -0.39 is 4.92 Å². The molecule has 1 heterocycles. The molecule has 0 radical (unpaired) electrons. The molecule has 0 atom stereocenters. The van der Waals surface area contributed by atoms with Gasteiger partial charge in [0.15, 0.2) is 0 Å². The van der Waals surface area contributed by atoms with Gasteiger partial charge in [0, 0.05) is 22.2 Å². The van der Waals surface area contributed by atoms with Crippen LogP contribution in [0.3, 0.4) is 0 Å². The Balaban J connectivity index is 1.99. The molecule has 0 spiro atoms. The lowest BCUT2D eigenvalue weighted by molar-refractivity contribution is -0.384. The molecule has 0 aliphatic carbocycles. The van der Waals surface area contributed by atoms with Gasteiger partial charge in [-0.1, -0.05) is 28.4 Å². The van der Waals surface area contributed by atoms with Gasteiger partial charge in [-0.25, -0.2) is 0 Å². The van der Waals surface area contributed by atoms with Crippen LogP contribution in [0.25, 0.3) is 22.8 Å². The van der Waals surface area contributed by atoms with Crippen molar-refractivity contribution in [2.75, 3.05) is 0 Å². The van der Waals surface area contributed by atoms with Crippen LogP contribution >= 0.6 is 23.2 Å². The summed E-state index contributed by atoms with van der Waals surface area (Å²) in [7, 11) is 0. The van der Waals surface area contributed by atoms with Crippen LogP contribution in [0.4, 0.5) is 5.69 Å². The molecular weight excluding hydrogens is 329 g/mol. The maximum Gasteiger partial charge on any atom is 0.288 e. The summed E-state index contributed by atoms with van der Waals surface area (Å²) < 4.78 is 5.15. The molecule has 22 heavy (non-hydrogen) atoms. The molecule has 1 aromatic heterocycles. The van der Waals surface area contributed by atoms with Gasteiger partial charge in [-0.3, -0.25) is 10.1 Å². The summed E-state index contributed by atoms with van der Waals surface area (Å²) in [5, 5.41) is 15.4. The third-order valence-corrected chi connectivity index (χ3v) is 3.49. The zero-order valence-corrected chi connectivity index (χ0v) is 12.4. The van der Waals surface area contributed by atoms with Crippen LogP contribution in [-0.4, -0.2) is 15.1 Å². The van der Waals surface area contributed by atoms with E-state index in [1.165, 1.54) is 12.1 Å². The van der Waals surface area contributed by atoms with Gasteiger partial charge < -0.3 is 4.52 Å². The molecule has 8 heteroatoms. The molecule has 3 aromatic rings. The minimum Gasteiger partial charge on any atom is -0.334 e. The Kier molecular flexibility index (Phi) is 3.79. The first kappa shape index (κ1) is 14.5. The van der Waals surface area contributed by atoms with E-state index in [1.807, 2.05) is 0 Å². The molecular formula is C14H7Cl2N3O3. The predicted molar refractivity (Wildman–Crippen MR) is 81.8 cm³/mol. The second kappa shape index (κ2) is 5.75. The largest absolute Gasteiger partial charge is 0.334 e. The summed E-state index contributed by atoms with van der Waals surface area (Å²) in [6, 6.07) is 11.2. The minimum absolute atomic E-state index is 0.0474. The van der Waals surface area contributed by atoms with Crippen molar-refractivity contribution in [3.05, 3.63) is 62.6 Å². The van der Waals surface area contributed by atoms with E-state index in [-0.39, 0.29) is 16.6 Å². The second-order valence-corrected chi connectivity index (χ2v) is 5.20. The Labute approximate surface area is 134 Å². The van der Waals surface area contributed by atoms with Gasteiger partial charge >= 0.3 is 0 Å². The third kappa shape index (κ3) is 2.79. The molecule has 110 valence electrons. The summed E-state index contributed by atoms with van der Waals surface area (Å²) in [5.41, 5.74) is 0.928. The molecule has 0 fully saturated rings. The first-order chi connectivity index (χ1) is 10.5. The van der Waals surface area contributed by atoms with Crippen molar-refractivity contribution in [2.45, 2.75) is 0 Å². The lowest BCUT2D eigenvalue weighted by Gasteiger charge is -1.97. The van der Waals surface area contributed by atoms with E-state index in [4.69, 9.17) is 27.7 Å². The molecule has 0 unspecified atom stereocenters. The fourth-order valence-electron chi connectivity index (χ4n) is 1.84. The molecule has 0 aliphatic heterocycles. The van der Waals surface area contributed by atoms with Gasteiger partial charge in [-0.2, -0.15) is 4.98 Å². The van der Waals surface area contributed by atoms with E-state index >= 15 is 0 Å². The lowest BCUT2D eigenvalue weighted by Crippen LogP contribution is -1.90. The standard InChI is InChI=1S/C14H7Cl2N3O3/c15-10-4-1-8(2-5-10)13-17-14(22-18-13)9-3-6-11(16)12(7-9)19(20)21/h1-7H. The topological polar surface area (TPSA) is 82.1 Å². The van der Waals surface area contributed by atoms with Gasteiger partial charge in [-0.05, 0) is 36.4 Å². The predicted octanol–water partition coefficient (Wildman–Crippen LogP) is 4.62. The van der Waals surface area contributed by atoms with E-state index in [0.717, 1.165) is 5.56 Å². The third-order valence-electron chi connectivity index (χ3n) is 2.92. The average Bonchev–Trinajstić information content (AvgIpc) is 2.98. The highest BCUT2D eigenvalue weighted by Gasteiger charge is 2.17. The normalized spacial score (nSPS) is 10.6. The second-order valence-electron chi connectivity index (χ2n) is 4.35. The summed E-state index contributed by atoms with van der Waals surface area (Å²) in [6.07, 6.45) is 0. The van der Waals surface area contributed by atoms with Crippen molar-refractivity contribution in [3.63, 3.8) is 0 Å². The molecule has 0 bridgehead atoms. The molecule has 0 amide bonds. The average molecular weight is 336 g/mol. The van der Waals surface area contributed by atoms with Crippen molar-refractivity contribution >= 4 is 28.9 Å². The number of aromatic nitrogens is 2. The van der Waals surface area contributed by atoms with Gasteiger partial charge in [0.25, 0.3) is 11.6 Å². The summed E-state index contributed by atoms with van der Waals surface area (Å²) in [5.74, 6) is 0.536. The first-order valence-electron chi connectivity index (χ1n) is 6.08. The monoisotopic (exact) mass is 335 g/mol. The van der Waals surface area contributed by atoms with E-state index in [0.29, 0.717) is 16.4 Å². The van der Waals surface area contributed by atoms with Gasteiger partial charge in [-0.15, -0.1) is 0 Å². The SMILES string of the molecule is O=[N+]([O-])c1cc(-c2nc(-c3ccc(Cl)cc3)no2)ccc1Cl. The van der Waals surface area contributed by atoms with Crippen LogP contribution in [0.2, 0.25) is 10.0 Å². The molecule has 0 saturated carbocycles. The zero-order valence-electron chi connectivity index (χ0n) is 10.9. The van der Waals surface area contributed by atoms with Crippen LogP contribution in [0.1, 0.15) is 0 Å². The van der Waals surface area contributed by atoms with Crippen molar-refractivity contribution in [1.29, 1.82) is 0 Å². The Hall–Kier alpha value is -2.44. The molecule has 0 N–H and O–H groups in total. The number of rotatable bonds is 3. The van der Waals surface area contributed by atoms with Gasteiger partial charge in [0.1, 0.15) is 5.02 Å². The minimum atomic E-state index is -0.567. The van der Waals surface area contributed by atoms with Gasteiger partial charge in [0.05, 0.1) is 4.92 Å². The van der Waals surface area contributed by atoms with Crippen molar-refractivity contribution in [3.8, 4) is 22.8 Å². The van der Waals surface area contributed by atoms with E-state index in [2.05, 4.69) is 10.1 Å². The van der Waals surface area contributed by atoms with Gasteiger partial charge in [0.2, 0.25) is 5.82 Å². The fourth-order valence-corrected chi connectivity index (χ4v) is 2.16. The number of nitro groups is 1. The summed E-state index contributed by atoms with van der Waals surface area (Å²) in [4.78, 5) is 14.6. The van der Waals surface area contributed by atoms with E-state index in [9.17, 15) is 10.1 Å². The summed E-state index contributed by atoms with van der Waals surface area (Å²) in [6.45, 7) is 0. The number of benzene rings is 2. The van der Waals surface area contributed by atoms with Crippen LogP contribution in [0.15, 0.2) is 47.0 Å². The quantitative estimate of drug-likeness (QED) is 0.515. The molecule has 0 aliphatic rings. The number of nitro benzene ring substituents is 1. The Bertz CT molecular complexity index is 847. The highest BCUT2D eigenvalue weighted by Crippen LogP contribution is 2.30. The molecule has 2 aromatic carbocycles. The first-order valence-corrected chi connectivity index (χ1v) is 6.84. The highest BCUT2D eigenvalue weighted by molar-refractivity contribution is 6.32. The molecule has 0 saturated heterocycles. The Morgan fingerprint density at radius 1 is 1.05 bits per heavy atom. The van der Waals surface area contributed by atoms with Crippen LogP contribution in [-0.2, 0) is 0 Å². The van der Waals surface area contributed by atoms with E-state index in [1.54, 1.807) is 30.3 Å². The van der Waals surface area contributed by atoms with Crippen LogP contribution in [0.5, 0.6) is 0 Å². The lowest BCUT2D eigenvalue weighted by atomic mass is 10.2. The maximum atomic E-state index is 10.9. The number of nitrogens with zero attached hydrogens (tertiary/aromatic N) is 3. The Morgan fingerprint density at radius 3 is 2.41 bits per heavy atom. The number of halogens is 2. The smallest absolute Gasteiger partial charge is 0.288 e. The highest BCUT2D eigenvalue weighted by atomic mass is 35.5. The van der Waals surface area contributed by atoms with Crippen molar-refractivity contribution in [2.24, 2.45) is 0 Å². The number of hydrogen-bond acceptors (Lipinski definition) is 5.